The molecule has 0 heterocycles. The predicted molar refractivity (Wildman–Crippen MR) is 77.3 cm³/mol. The van der Waals surface area contributed by atoms with E-state index in [1.807, 2.05) is 13.8 Å². The molecule has 3 nitrogen and oxygen atoms in total. The van der Waals surface area contributed by atoms with Crippen molar-refractivity contribution in [3.63, 3.8) is 0 Å². The fourth-order valence-corrected chi connectivity index (χ4v) is 1.74. The molecule has 0 aliphatic heterocycles. The second-order valence-corrected chi connectivity index (χ2v) is 5.62. The van der Waals surface area contributed by atoms with Crippen LogP contribution in [-0.4, -0.2) is 23.7 Å². The Labute approximate surface area is 120 Å². The van der Waals surface area contributed by atoms with Crippen molar-refractivity contribution in [1.82, 2.24) is 5.32 Å². The molecule has 1 amide bonds. The van der Waals surface area contributed by atoms with E-state index in [-0.39, 0.29) is 24.5 Å². The molecule has 94 valence electrons. The summed E-state index contributed by atoms with van der Waals surface area (Å²) in [6.45, 7) is 3.80. The first-order valence-electron chi connectivity index (χ1n) is 5.32. The van der Waals surface area contributed by atoms with E-state index in [2.05, 4.69) is 27.9 Å². The lowest BCUT2D eigenvalue weighted by atomic mass is 10.0. The molecule has 1 aromatic carbocycles. The van der Waals surface area contributed by atoms with Gasteiger partial charge in [-0.1, -0.05) is 18.5 Å². The molecule has 17 heavy (non-hydrogen) atoms. The van der Waals surface area contributed by atoms with Crippen LogP contribution in [0.2, 0.25) is 5.02 Å². The van der Waals surface area contributed by atoms with Gasteiger partial charge in [-0.2, -0.15) is 0 Å². The normalized spacial score (nSPS) is 14.2. The van der Waals surface area contributed by atoms with Crippen LogP contribution in [0.1, 0.15) is 24.2 Å². The first kappa shape index (κ1) is 14.7. The molecular formula is C12H15ClINO2. The first-order valence-corrected chi connectivity index (χ1v) is 6.78. The molecule has 1 rings (SSSR count). The zero-order valence-electron chi connectivity index (χ0n) is 9.71. The molecule has 0 spiro atoms. The van der Waals surface area contributed by atoms with Gasteiger partial charge in [0.2, 0.25) is 0 Å². The fourth-order valence-electron chi connectivity index (χ4n) is 1.23. The summed E-state index contributed by atoms with van der Waals surface area (Å²) in [5, 5.41) is 12.4. The molecule has 0 aromatic heterocycles. The number of carbonyl (C=O) groups excluding carboxylic acids is 1. The second-order valence-electron chi connectivity index (χ2n) is 4.05. The van der Waals surface area contributed by atoms with Gasteiger partial charge in [-0.3, -0.25) is 4.79 Å². The van der Waals surface area contributed by atoms with Gasteiger partial charge in [0.15, 0.2) is 0 Å². The van der Waals surface area contributed by atoms with Gasteiger partial charge in [-0.15, -0.1) is 0 Å². The van der Waals surface area contributed by atoms with Crippen molar-refractivity contribution in [2.45, 2.75) is 19.9 Å². The molecule has 0 aliphatic carbocycles. The molecule has 2 unspecified atom stereocenters. The Bertz CT molecular complexity index is 411. The number of halogens is 2. The van der Waals surface area contributed by atoms with Gasteiger partial charge in [-0.25, -0.2) is 0 Å². The predicted octanol–water partition coefficient (Wildman–Crippen LogP) is 2.69. The lowest BCUT2D eigenvalue weighted by molar-refractivity contribution is 0.0916. The van der Waals surface area contributed by atoms with Crippen LogP contribution < -0.4 is 5.32 Å². The molecule has 2 atom stereocenters. The summed E-state index contributed by atoms with van der Waals surface area (Å²) in [6, 6.07) is 5.11. The van der Waals surface area contributed by atoms with E-state index in [9.17, 15) is 4.79 Å². The first-order chi connectivity index (χ1) is 7.95. The highest BCUT2D eigenvalue weighted by Gasteiger charge is 2.15. The van der Waals surface area contributed by atoms with E-state index in [0.29, 0.717) is 10.6 Å². The number of aliphatic hydroxyl groups excluding tert-OH is 1. The van der Waals surface area contributed by atoms with E-state index in [4.69, 9.17) is 16.7 Å². The highest BCUT2D eigenvalue weighted by Crippen LogP contribution is 2.19. The van der Waals surface area contributed by atoms with E-state index in [1.54, 1.807) is 18.2 Å². The van der Waals surface area contributed by atoms with E-state index < -0.39 is 0 Å². The summed E-state index contributed by atoms with van der Waals surface area (Å²) in [5.41, 5.74) is 0.535. The number of aliphatic hydroxyl groups is 1. The minimum absolute atomic E-state index is 0.0262. The smallest absolute Gasteiger partial charge is 0.251 e. The molecule has 2 N–H and O–H groups in total. The van der Waals surface area contributed by atoms with Crippen LogP contribution in [0.4, 0.5) is 0 Å². The van der Waals surface area contributed by atoms with Gasteiger partial charge >= 0.3 is 0 Å². The molecule has 0 saturated carbocycles. The molecule has 0 radical (unpaired) electrons. The minimum Gasteiger partial charge on any atom is -0.396 e. The third-order valence-corrected chi connectivity index (χ3v) is 4.25. The summed E-state index contributed by atoms with van der Waals surface area (Å²) in [5.74, 6) is -0.144. The highest BCUT2D eigenvalue weighted by atomic mass is 127. The van der Waals surface area contributed by atoms with Crippen LogP contribution in [0.5, 0.6) is 0 Å². The lowest BCUT2D eigenvalue weighted by Crippen LogP contribution is -2.38. The van der Waals surface area contributed by atoms with Crippen molar-refractivity contribution in [3.05, 3.63) is 32.4 Å². The standard InChI is InChI=1S/C12H15ClINO2/c1-7(6-16)8(2)15-12(17)9-3-4-11(14)10(13)5-9/h3-5,7-8,16H,6H2,1-2H3,(H,15,17). The Morgan fingerprint density at radius 2 is 2.18 bits per heavy atom. The van der Waals surface area contributed by atoms with Gasteiger partial charge < -0.3 is 10.4 Å². The molecule has 0 bridgehead atoms. The summed E-state index contributed by atoms with van der Waals surface area (Å²) in [6.07, 6.45) is 0. The maximum atomic E-state index is 11.9. The molecule has 0 aliphatic rings. The van der Waals surface area contributed by atoms with Crippen molar-refractivity contribution < 1.29 is 9.90 Å². The van der Waals surface area contributed by atoms with Crippen LogP contribution >= 0.6 is 34.2 Å². The molecule has 0 fully saturated rings. The monoisotopic (exact) mass is 367 g/mol. The maximum absolute atomic E-state index is 11.9. The van der Waals surface area contributed by atoms with Gasteiger partial charge in [0.05, 0.1) is 5.02 Å². The third-order valence-electron chi connectivity index (χ3n) is 2.68. The molecule has 1 aromatic rings. The van der Waals surface area contributed by atoms with Crippen molar-refractivity contribution in [2.75, 3.05) is 6.61 Å². The van der Waals surface area contributed by atoms with Crippen LogP contribution in [-0.2, 0) is 0 Å². The zero-order chi connectivity index (χ0) is 13.0. The van der Waals surface area contributed by atoms with E-state index >= 15 is 0 Å². The number of benzene rings is 1. The van der Waals surface area contributed by atoms with E-state index in [1.165, 1.54) is 0 Å². The van der Waals surface area contributed by atoms with Gasteiger partial charge in [-0.05, 0) is 53.6 Å². The van der Waals surface area contributed by atoms with Gasteiger partial charge in [0.25, 0.3) is 5.91 Å². The molecule has 0 saturated heterocycles. The Hall–Kier alpha value is -0.330. The maximum Gasteiger partial charge on any atom is 0.251 e. The Balaban J connectivity index is 2.73. The summed E-state index contributed by atoms with van der Waals surface area (Å²) in [7, 11) is 0. The Kier molecular flexibility index (Phi) is 5.69. The van der Waals surface area contributed by atoms with E-state index in [0.717, 1.165) is 3.57 Å². The zero-order valence-corrected chi connectivity index (χ0v) is 12.6. The van der Waals surface area contributed by atoms with Crippen LogP contribution in [0.25, 0.3) is 0 Å². The minimum atomic E-state index is -0.170. The summed E-state index contributed by atoms with van der Waals surface area (Å²) >= 11 is 8.07. The Morgan fingerprint density at radius 1 is 1.53 bits per heavy atom. The second kappa shape index (κ2) is 6.56. The number of hydrogen-bond donors (Lipinski definition) is 2. The molecular weight excluding hydrogens is 352 g/mol. The quantitative estimate of drug-likeness (QED) is 0.804. The average Bonchev–Trinajstić information content (AvgIpc) is 2.31. The lowest BCUT2D eigenvalue weighted by Gasteiger charge is -2.19. The van der Waals surface area contributed by atoms with Crippen LogP contribution in [0.3, 0.4) is 0 Å². The topological polar surface area (TPSA) is 49.3 Å². The Morgan fingerprint density at radius 3 is 2.71 bits per heavy atom. The number of amides is 1. The van der Waals surface area contributed by atoms with Crippen molar-refractivity contribution in [2.24, 2.45) is 5.92 Å². The summed E-state index contributed by atoms with van der Waals surface area (Å²) in [4.78, 5) is 11.9. The highest BCUT2D eigenvalue weighted by molar-refractivity contribution is 14.1. The van der Waals surface area contributed by atoms with Gasteiger partial charge in [0, 0.05) is 21.8 Å². The largest absolute Gasteiger partial charge is 0.396 e. The number of hydrogen-bond acceptors (Lipinski definition) is 2. The average molecular weight is 368 g/mol. The van der Waals surface area contributed by atoms with Crippen molar-refractivity contribution in [3.8, 4) is 0 Å². The molecule has 5 heteroatoms. The third kappa shape index (κ3) is 4.12. The number of carbonyl (C=O) groups is 1. The number of rotatable bonds is 4. The van der Waals surface area contributed by atoms with Crippen molar-refractivity contribution in [1.29, 1.82) is 0 Å². The SMILES string of the molecule is CC(CO)C(C)NC(=O)c1ccc(I)c(Cl)c1. The summed E-state index contributed by atoms with van der Waals surface area (Å²) < 4.78 is 0.914. The number of nitrogens with one attached hydrogen (secondary N) is 1. The fraction of sp³-hybridized carbons (Fsp3) is 0.417. The van der Waals surface area contributed by atoms with Crippen LogP contribution in [0.15, 0.2) is 18.2 Å². The van der Waals surface area contributed by atoms with Crippen molar-refractivity contribution >= 4 is 40.1 Å². The van der Waals surface area contributed by atoms with Crippen LogP contribution in [0, 0.1) is 9.49 Å². The van der Waals surface area contributed by atoms with Gasteiger partial charge in [0.1, 0.15) is 0 Å².